The normalized spacial score (nSPS) is 15.7. The van der Waals surface area contributed by atoms with Gasteiger partial charge in [0.1, 0.15) is 0 Å². The molecule has 2 nitrogen and oxygen atoms in total. The summed E-state index contributed by atoms with van der Waals surface area (Å²) >= 11 is 0. The summed E-state index contributed by atoms with van der Waals surface area (Å²) in [4.78, 5) is 10.9. The van der Waals surface area contributed by atoms with E-state index in [-0.39, 0.29) is 5.92 Å². The summed E-state index contributed by atoms with van der Waals surface area (Å²) in [6, 6.07) is 6.15. The van der Waals surface area contributed by atoms with E-state index < -0.39 is 5.97 Å². The fraction of sp³-hybridized carbons (Fsp3) is 0.308. The van der Waals surface area contributed by atoms with E-state index in [0.717, 1.165) is 12.0 Å². The predicted octanol–water partition coefficient (Wildman–Crippen LogP) is 2.66. The van der Waals surface area contributed by atoms with Gasteiger partial charge in [0.2, 0.25) is 0 Å². The van der Waals surface area contributed by atoms with Crippen LogP contribution < -0.4 is 0 Å². The van der Waals surface area contributed by atoms with Gasteiger partial charge < -0.3 is 5.11 Å². The van der Waals surface area contributed by atoms with Crippen LogP contribution in [0.4, 0.5) is 0 Å². The zero-order valence-corrected chi connectivity index (χ0v) is 8.95. The van der Waals surface area contributed by atoms with Gasteiger partial charge >= 0.3 is 5.97 Å². The monoisotopic (exact) mass is 202 g/mol. The fourth-order valence-electron chi connectivity index (χ4n) is 2.00. The van der Waals surface area contributed by atoms with Gasteiger partial charge in [0, 0.05) is 0 Å². The highest BCUT2D eigenvalue weighted by atomic mass is 16.4. The van der Waals surface area contributed by atoms with E-state index in [1.807, 2.05) is 12.1 Å². The lowest BCUT2D eigenvalue weighted by Crippen LogP contribution is -2.12. The molecule has 0 spiro atoms. The molecule has 0 radical (unpaired) electrons. The first kappa shape index (κ1) is 9.97. The summed E-state index contributed by atoms with van der Waals surface area (Å²) < 4.78 is 0. The number of hydrogen-bond donors (Lipinski definition) is 1. The Hall–Kier alpha value is -1.57. The summed E-state index contributed by atoms with van der Waals surface area (Å²) in [5.41, 5.74) is 4.69. The number of fused-ring (bicyclic) bond motifs is 1. The van der Waals surface area contributed by atoms with Gasteiger partial charge in [-0.05, 0) is 37.0 Å². The number of carboxylic acids is 1. The average molecular weight is 202 g/mol. The Labute approximate surface area is 89.2 Å². The van der Waals surface area contributed by atoms with E-state index in [4.69, 9.17) is 5.11 Å². The molecule has 0 saturated carbocycles. The van der Waals surface area contributed by atoms with Gasteiger partial charge in [-0.2, -0.15) is 0 Å². The predicted molar refractivity (Wildman–Crippen MR) is 59.7 cm³/mol. The summed E-state index contributed by atoms with van der Waals surface area (Å²) in [5, 5.41) is 8.95. The molecule has 1 aliphatic carbocycles. The van der Waals surface area contributed by atoms with Gasteiger partial charge in [0.05, 0.1) is 5.92 Å². The molecule has 15 heavy (non-hydrogen) atoms. The van der Waals surface area contributed by atoms with E-state index in [1.165, 1.54) is 16.7 Å². The highest BCUT2D eigenvalue weighted by Gasteiger charge is 2.22. The number of aliphatic carboxylic acids is 1. The van der Waals surface area contributed by atoms with Gasteiger partial charge in [-0.3, -0.25) is 4.79 Å². The third-order valence-corrected chi connectivity index (χ3v) is 3.07. The van der Waals surface area contributed by atoms with E-state index in [9.17, 15) is 4.79 Å². The molecule has 0 bridgehead atoms. The molecule has 0 amide bonds. The van der Waals surface area contributed by atoms with Crippen LogP contribution in [0.15, 0.2) is 23.8 Å². The van der Waals surface area contributed by atoms with Crippen molar-refractivity contribution in [1.29, 1.82) is 0 Å². The van der Waals surface area contributed by atoms with Crippen molar-refractivity contribution in [3.8, 4) is 0 Å². The van der Waals surface area contributed by atoms with Gasteiger partial charge in [0.15, 0.2) is 0 Å². The van der Waals surface area contributed by atoms with Crippen molar-refractivity contribution in [3.05, 3.63) is 40.5 Å². The Kier molecular flexibility index (Phi) is 2.35. The SMILES string of the molecule is Cc1cccc2c1C=C(C(C)C(=O)O)C2. The largest absolute Gasteiger partial charge is 0.481 e. The Morgan fingerprint density at radius 3 is 2.80 bits per heavy atom. The zero-order chi connectivity index (χ0) is 11.0. The Morgan fingerprint density at radius 1 is 1.47 bits per heavy atom. The van der Waals surface area contributed by atoms with Crippen molar-refractivity contribution in [2.24, 2.45) is 5.92 Å². The molecule has 0 saturated heterocycles. The number of aryl methyl sites for hydroxylation is 1. The summed E-state index contributed by atoms with van der Waals surface area (Å²) in [6.07, 6.45) is 2.81. The third kappa shape index (κ3) is 1.67. The van der Waals surface area contributed by atoms with Crippen LogP contribution >= 0.6 is 0 Å². The molecule has 0 aliphatic heterocycles. The van der Waals surface area contributed by atoms with Crippen LogP contribution in [0.2, 0.25) is 0 Å². The molecule has 1 aromatic carbocycles. The minimum Gasteiger partial charge on any atom is -0.481 e. The van der Waals surface area contributed by atoms with Crippen molar-refractivity contribution in [3.63, 3.8) is 0 Å². The van der Waals surface area contributed by atoms with E-state index >= 15 is 0 Å². The van der Waals surface area contributed by atoms with Crippen LogP contribution in [-0.2, 0) is 11.2 Å². The molecule has 0 heterocycles. The molecular formula is C13H14O2. The number of carbonyl (C=O) groups is 1. The standard InChI is InChI=1S/C13H14O2/c1-8-4-3-5-10-6-11(7-12(8)10)9(2)13(14)15/h3-5,7,9H,6H2,1-2H3,(H,14,15). The highest BCUT2D eigenvalue weighted by molar-refractivity contribution is 5.78. The first-order chi connectivity index (χ1) is 7.09. The Bertz CT molecular complexity index is 444. The van der Waals surface area contributed by atoms with E-state index in [0.29, 0.717) is 0 Å². The molecule has 2 rings (SSSR count). The molecule has 1 unspecified atom stereocenters. The molecule has 1 N–H and O–H groups in total. The number of carboxylic acid groups (broad SMARTS) is 1. The van der Waals surface area contributed by atoms with E-state index in [1.54, 1.807) is 6.92 Å². The lowest BCUT2D eigenvalue weighted by Gasteiger charge is -2.06. The third-order valence-electron chi connectivity index (χ3n) is 3.07. The summed E-state index contributed by atoms with van der Waals surface area (Å²) in [7, 11) is 0. The molecular weight excluding hydrogens is 188 g/mol. The van der Waals surface area contributed by atoms with Crippen molar-refractivity contribution in [2.75, 3.05) is 0 Å². The zero-order valence-electron chi connectivity index (χ0n) is 8.95. The maximum absolute atomic E-state index is 10.9. The maximum atomic E-state index is 10.9. The number of benzene rings is 1. The van der Waals surface area contributed by atoms with E-state index in [2.05, 4.69) is 19.1 Å². The van der Waals surface area contributed by atoms with Crippen molar-refractivity contribution in [1.82, 2.24) is 0 Å². The number of hydrogen-bond acceptors (Lipinski definition) is 1. The first-order valence-electron chi connectivity index (χ1n) is 5.11. The Balaban J connectivity index is 2.35. The topological polar surface area (TPSA) is 37.3 Å². The van der Waals surface area contributed by atoms with Crippen LogP contribution in [0.25, 0.3) is 6.08 Å². The molecule has 2 heteroatoms. The molecule has 78 valence electrons. The minimum atomic E-state index is -0.744. The fourth-order valence-corrected chi connectivity index (χ4v) is 2.00. The molecule has 1 atom stereocenters. The second kappa shape index (κ2) is 3.54. The molecule has 0 aromatic heterocycles. The van der Waals surface area contributed by atoms with Crippen molar-refractivity contribution >= 4 is 12.0 Å². The van der Waals surface area contributed by atoms with Gasteiger partial charge in [-0.25, -0.2) is 0 Å². The van der Waals surface area contributed by atoms with Crippen LogP contribution in [-0.4, -0.2) is 11.1 Å². The van der Waals surface area contributed by atoms with Gasteiger partial charge in [-0.15, -0.1) is 0 Å². The first-order valence-corrected chi connectivity index (χ1v) is 5.11. The second-order valence-electron chi connectivity index (χ2n) is 4.10. The number of rotatable bonds is 2. The smallest absolute Gasteiger partial charge is 0.310 e. The van der Waals surface area contributed by atoms with Crippen LogP contribution in [0.5, 0.6) is 0 Å². The van der Waals surface area contributed by atoms with Crippen LogP contribution in [0.3, 0.4) is 0 Å². The summed E-state index contributed by atoms with van der Waals surface area (Å²) in [5.74, 6) is -1.12. The van der Waals surface area contributed by atoms with Crippen LogP contribution in [0.1, 0.15) is 23.6 Å². The van der Waals surface area contributed by atoms with Crippen LogP contribution in [0, 0.1) is 12.8 Å². The van der Waals surface area contributed by atoms with Crippen molar-refractivity contribution < 1.29 is 9.90 Å². The Morgan fingerprint density at radius 2 is 2.20 bits per heavy atom. The molecule has 0 fully saturated rings. The second-order valence-corrected chi connectivity index (χ2v) is 4.10. The molecule has 1 aliphatic rings. The lowest BCUT2D eigenvalue weighted by molar-refractivity contribution is -0.139. The van der Waals surface area contributed by atoms with Gasteiger partial charge in [0.25, 0.3) is 0 Å². The lowest BCUT2D eigenvalue weighted by atomic mass is 9.99. The molecule has 1 aromatic rings. The minimum absolute atomic E-state index is 0.378. The average Bonchev–Trinajstić information content (AvgIpc) is 2.61. The maximum Gasteiger partial charge on any atom is 0.310 e. The van der Waals surface area contributed by atoms with Crippen molar-refractivity contribution in [2.45, 2.75) is 20.3 Å². The quantitative estimate of drug-likeness (QED) is 0.800. The summed E-state index contributed by atoms with van der Waals surface area (Å²) in [6.45, 7) is 3.80. The highest BCUT2D eigenvalue weighted by Crippen LogP contribution is 2.31. The van der Waals surface area contributed by atoms with Gasteiger partial charge in [-0.1, -0.05) is 29.8 Å².